The van der Waals surface area contributed by atoms with Crippen molar-refractivity contribution in [1.82, 2.24) is 15.3 Å². The molecule has 0 aliphatic heterocycles. The smallest absolute Gasteiger partial charge is 0.253 e. The molecule has 0 saturated heterocycles. The first-order valence-corrected chi connectivity index (χ1v) is 9.40. The van der Waals surface area contributed by atoms with Gasteiger partial charge in [-0.1, -0.05) is 13.8 Å². The van der Waals surface area contributed by atoms with Crippen LogP contribution >= 0.6 is 11.3 Å². The highest BCUT2D eigenvalue weighted by atomic mass is 32.1. The van der Waals surface area contributed by atoms with Gasteiger partial charge < -0.3 is 10.1 Å². The van der Waals surface area contributed by atoms with Crippen LogP contribution in [0.1, 0.15) is 29.8 Å². The van der Waals surface area contributed by atoms with Gasteiger partial charge in [-0.25, -0.2) is 4.98 Å². The summed E-state index contributed by atoms with van der Waals surface area (Å²) < 4.78 is 5.53. The van der Waals surface area contributed by atoms with Gasteiger partial charge in [0.25, 0.3) is 5.91 Å². The topological polar surface area (TPSA) is 64.1 Å². The van der Waals surface area contributed by atoms with Gasteiger partial charge in [0.15, 0.2) is 0 Å². The van der Waals surface area contributed by atoms with Crippen molar-refractivity contribution in [3.05, 3.63) is 64.6 Å². The second kappa shape index (κ2) is 8.58. The molecule has 0 aliphatic rings. The Kier molecular flexibility index (Phi) is 5.96. The summed E-state index contributed by atoms with van der Waals surface area (Å²) in [7, 11) is 0. The number of aromatic nitrogens is 2. The standard InChI is InChI=1S/C20H21N3O2S/c1-14(2)12-25-19-4-3-16(11-22-19)20(24)23-10-15-5-7-21-18(9-15)17-6-8-26-13-17/h3-9,11,13-14H,10,12H2,1-2H3,(H,23,24). The molecular weight excluding hydrogens is 346 g/mol. The molecular formula is C20H21N3O2S. The summed E-state index contributed by atoms with van der Waals surface area (Å²) in [5, 5.41) is 6.99. The monoisotopic (exact) mass is 367 g/mol. The first-order chi connectivity index (χ1) is 12.6. The minimum Gasteiger partial charge on any atom is -0.477 e. The molecule has 0 radical (unpaired) electrons. The normalized spacial score (nSPS) is 10.7. The zero-order valence-electron chi connectivity index (χ0n) is 14.8. The van der Waals surface area contributed by atoms with Gasteiger partial charge >= 0.3 is 0 Å². The lowest BCUT2D eigenvalue weighted by molar-refractivity contribution is 0.0950. The number of amides is 1. The highest BCUT2D eigenvalue weighted by molar-refractivity contribution is 7.08. The van der Waals surface area contributed by atoms with Crippen molar-refractivity contribution in [1.29, 1.82) is 0 Å². The van der Waals surface area contributed by atoms with Crippen molar-refractivity contribution in [2.24, 2.45) is 5.92 Å². The first-order valence-electron chi connectivity index (χ1n) is 8.46. The minimum atomic E-state index is -0.165. The van der Waals surface area contributed by atoms with Gasteiger partial charge in [0.2, 0.25) is 5.88 Å². The molecule has 3 aromatic heterocycles. The molecule has 0 unspecified atom stereocenters. The first kappa shape index (κ1) is 18.1. The summed E-state index contributed by atoms with van der Waals surface area (Å²) in [6.45, 7) is 5.19. The Morgan fingerprint density at radius 2 is 2.12 bits per heavy atom. The largest absolute Gasteiger partial charge is 0.477 e. The molecule has 3 rings (SSSR count). The average molecular weight is 367 g/mol. The third kappa shape index (κ3) is 4.89. The van der Waals surface area contributed by atoms with E-state index in [4.69, 9.17) is 4.74 Å². The van der Waals surface area contributed by atoms with E-state index in [2.05, 4.69) is 34.5 Å². The van der Waals surface area contributed by atoms with Gasteiger partial charge in [-0.3, -0.25) is 9.78 Å². The SMILES string of the molecule is CC(C)COc1ccc(C(=O)NCc2ccnc(-c3ccsc3)c2)cn1. The maximum atomic E-state index is 12.3. The Hall–Kier alpha value is -2.73. The van der Waals surface area contributed by atoms with Crippen LogP contribution < -0.4 is 10.1 Å². The Morgan fingerprint density at radius 1 is 1.23 bits per heavy atom. The van der Waals surface area contributed by atoms with Crippen molar-refractivity contribution < 1.29 is 9.53 Å². The molecule has 3 aromatic rings. The molecule has 26 heavy (non-hydrogen) atoms. The third-order valence-corrected chi connectivity index (χ3v) is 4.34. The van der Waals surface area contributed by atoms with E-state index < -0.39 is 0 Å². The van der Waals surface area contributed by atoms with Crippen LogP contribution in [0.4, 0.5) is 0 Å². The lowest BCUT2D eigenvalue weighted by atomic mass is 10.1. The average Bonchev–Trinajstić information content (AvgIpc) is 3.20. The van der Waals surface area contributed by atoms with Crippen molar-refractivity contribution in [2.45, 2.75) is 20.4 Å². The Labute approximate surface area is 157 Å². The van der Waals surface area contributed by atoms with Gasteiger partial charge in [0.1, 0.15) is 0 Å². The predicted molar refractivity (Wildman–Crippen MR) is 103 cm³/mol. The van der Waals surface area contributed by atoms with Crippen LogP contribution in [0.25, 0.3) is 11.3 Å². The van der Waals surface area contributed by atoms with Crippen LogP contribution in [-0.4, -0.2) is 22.5 Å². The fraction of sp³-hybridized carbons (Fsp3) is 0.250. The van der Waals surface area contributed by atoms with Crippen LogP contribution in [0.2, 0.25) is 0 Å². The second-order valence-electron chi connectivity index (χ2n) is 6.33. The second-order valence-corrected chi connectivity index (χ2v) is 7.11. The maximum absolute atomic E-state index is 12.3. The number of ether oxygens (including phenoxy) is 1. The summed E-state index contributed by atoms with van der Waals surface area (Å²) in [6, 6.07) is 9.37. The highest BCUT2D eigenvalue weighted by Gasteiger charge is 2.08. The van der Waals surface area contributed by atoms with Crippen LogP contribution in [0.5, 0.6) is 5.88 Å². The summed E-state index contributed by atoms with van der Waals surface area (Å²) in [5.74, 6) is 0.797. The van der Waals surface area contributed by atoms with Crippen LogP contribution in [-0.2, 0) is 6.54 Å². The maximum Gasteiger partial charge on any atom is 0.253 e. The fourth-order valence-corrected chi connectivity index (χ4v) is 2.94. The highest BCUT2D eigenvalue weighted by Crippen LogP contribution is 2.20. The zero-order valence-corrected chi connectivity index (χ0v) is 15.6. The molecule has 6 heteroatoms. The van der Waals surface area contributed by atoms with Gasteiger partial charge in [0.05, 0.1) is 17.9 Å². The summed E-state index contributed by atoms with van der Waals surface area (Å²) in [6.07, 6.45) is 3.30. The van der Waals surface area contributed by atoms with Gasteiger partial charge in [0, 0.05) is 35.9 Å². The molecule has 0 saturated carbocycles. The van der Waals surface area contributed by atoms with Crippen LogP contribution in [0.15, 0.2) is 53.5 Å². The molecule has 0 spiro atoms. The van der Waals surface area contributed by atoms with E-state index in [1.165, 1.54) is 6.20 Å². The van der Waals surface area contributed by atoms with Crippen molar-refractivity contribution in [3.8, 4) is 17.1 Å². The molecule has 0 bridgehead atoms. The summed E-state index contributed by atoms with van der Waals surface area (Å²) >= 11 is 1.63. The van der Waals surface area contributed by atoms with Gasteiger partial charge in [-0.15, -0.1) is 0 Å². The minimum absolute atomic E-state index is 0.165. The molecule has 0 aromatic carbocycles. The molecule has 134 valence electrons. The predicted octanol–water partition coefficient (Wildman–Crippen LogP) is 4.17. The molecule has 3 heterocycles. The molecule has 1 amide bonds. The van der Waals surface area contributed by atoms with Crippen molar-refractivity contribution >= 4 is 17.2 Å². The number of hydrogen-bond acceptors (Lipinski definition) is 5. The number of carbonyl (C=O) groups excluding carboxylic acids is 1. The van der Waals surface area contributed by atoms with E-state index in [1.54, 1.807) is 29.7 Å². The molecule has 0 atom stereocenters. The number of hydrogen-bond donors (Lipinski definition) is 1. The number of carbonyl (C=O) groups is 1. The van der Waals surface area contributed by atoms with Crippen LogP contribution in [0, 0.1) is 5.92 Å². The number of nitrogens with one attached hydrogen (secondary N) is 1. The lowest BCUT2D eigenvalue weighted by Crippen LogP contribution is -2.23. The third-order valence-electron chi connectivity index (χ3n) is 3.66. The molecule has 5 nitrogen and oxygen atoms in total. The van der Waals surface area contributed by atoms with E-state index in [0.29, 0.717) is 30.5 Å². The van der Waals surface area contributed by atoms with Gasteiger partial charge in [-0.2, -0.15) is 11.3 Å². The number of thiophene rings is 1. The molecule has 0 aliphatic carbocycles. The van der Waals surface area contributed by atoms with E-state index in [0.717, 1.165) is 16.8 Å². The Balaban J connectivity index is 1.58. The molecule has 0 fully saturated rings. The Bertz CT molecular complexity index is 846. The van der Waals surface area contributed by atoms with Crippen LogP contribution in [0.3, 0.4) is 0 Å². The van der Waals surface area contributed by atoms with E-state index >= 15 is 0 Å². The van der Waals surface area contributed by atoms with Crippen molar-refractivity contribution in [2.75, 3.05) is 6.61 Å². The zero-order chi connectivity index (χ0) is 18.4. The fourth-order valence-electron chi connectivity index (χ4n) is 2.29. The quantitative estimate of drug-likeness (QED) is 0.681. The number of nitrogens with zero attached hydrogens (tertiary/aromatic N) is 2. The van der Waals surface area contributed by atoms with E-state index in [1.807, 2.05) is 23.6 Å². The Morgan fingerprint density at radius 3 is 2.81 bits per heavy atom. The van der Waals surface area contributed by atoms with Gasteiger partial charge in [-0.05, 0) is 41.1 Å². The lowest BCUT2D eigenvalue weighted by Gasteiger charge is -2.09. The van der Waals surface area contributed by atoms with E-state index in [9.17, 15) is 4.79 Å². The van der Waals surface area contributed by atoms with Crippen molar-refractivity contribution in [3.63, 3.8) is 0 Å². The summed E-state index contributed by atoms with van der Waals surface area (Å²) in [5.41, 5.74) is 3.50. The summed E-state index contributed by atoms with van der Waals surface area (Å²) in [4.78, 5) is 20.9. The van der Waals surface area contributed by atoms with E-state index in [-0.39, 0.29) is 5.91 Å². The number of pyridine rings is 2. The molecule has 1 N–H and O–H groups in total. The number of rotatable bonds is 7.